The predicted molar refractivity (Wildman–Crippen MR) is 109 cm³/mol. The fraction of sp³-hybridized carbons (Fsp3) is 0.211. The molecule has 0 unspecified atom stereocenters. The maximum absolute atomic E-state index is 13.9. The summed E-state index contributed by atoms with van der Waals surface area (Å²) in [6, 6.07) is 8.88. The highest BCUT2D eigenvalue weighted by molar-refractivity contribution is 7.71. The second-order valence-electron chi connectivity index (χ2n) is 6.03. The zero-order valence-corrected chi connectivity index (χ0v) is 17.5. The number of H-pyrrole nitrogens is 1. The van der Waals surface area contributed by atoms with Gasteiger partial charge in [-0.2, -0.15) is 22.9 Å². The number of nitrogens with zero attached hydrogens (tertiary/aromatic N) is 3. The van der Waals surface area contributed by atoms with Crippen molar-refractivity contribution in [3.05, 3.63) is 69.0 Å². The van der Waals surface area contributed by atoms with Crippen LogP contribution >= 0.6 is 23.8 Å². The summed E-state index contributed by atoms with van der Waals surface area (Å²) in [5, 5.41) is 9.19. The maximum Gasteiger partial charge on any atom is 0.453 e. The molecule has 6 nitrogen and oxygen atoms in total. The van der Waals surface area contributed by atoms with Crippen molar-refractivity contribution in [1.29, 1.82) is 0 Å². The molecule has 0 spiro atoms. The predicted octanol–water partition coefficient (Wildman–Crippen LogP) is 5.61. The van der Waals surface area contributed by atoms with Crippen LogP contribution in [-0.4, -0.2) is 27.7 Å². The van der Waals surface area contributed by atoms with Gasteiger partial charge >= 0.3 is 6.18 Å². The third kappa shape index (κ3) is 5.42. The number of hydrogen-bond acceptors (Lipinski definition) is 5. The van der Waals surface area contributed by atoms with Gasteiger partial charge < -0.3 is 9.47 Å². The monoisotopic (exact) mass is 474 g/mol. The number of rotatable bonds is 7. The molecule has 0 amide bonds. The topological polar surface area (TPSA) is 64.4 Å². The van der Waals surface area contributed by atoms with Gasteiger partial charge in [-0.1, -0.05) is 17.7 Å². The number of nitrogens with one attached hydrogen (secondary N) is 1. The van der Waals surface area contributed by atoms with E-state index < -0.39 is 17.8 Å². The van der Waals surface area contributed by atoms with Crippen LogP contribution < -0.4 is 9.47 Å². The molecule has 2 aromatic carbocycles. The average Bonchev–Trinajstić information content (AvgIpc) is 3.08. The van der Waals surface area contributed by atoms with Gasteiger partial charge in [0.2, 0.25) is 4.77 Å². The lowest BCUT2D eigenvalue weighted by atomic mass is 10.2. The molecule has 0 bridgehead atoms. The van der Waals surface area contributed by atoms with Crippen LogP contribution in [0.2, 0.25) is 5.02 Å². The number of alkyl halides is 3. The van der Waals surface area contributed by atoms with E-state index in [2.05, 4.69) is 15.3 Å². The van der Waals surface area contributed by atoms with E-state index in [1.807, 2.05) is 0 Å². The molecule has 0 aliphatic rings. The Kier molecular flexibility index (Phi) is 6.96. The third-order valence-electron chi connectivity index (χ3n) is 3.93. The Labute approximate surface area is 184 Å². The van der Waals surface area contributed by atoms with E-state index in [1.54, 1.807) is 19.1 Å². The number of aromatic amines is 1. The van der Waals surface area contributed by atoms with E-state index in [9.17, 15) is 17.6 Å². The molecule has 0 fully saturated rings. The molecular formula is C19H15ClF4N4O2S. The molecule has 0 aliphatic carbocycles. The van der Waals surface area contributed by atoms with Crippen LogP contribution in [0.3, 0.4) is 0 Å². The molecule has 0 saturated heterocycles. The van der Waals surface area contributed by atoms with Crippen LogP contribution in [-0.2, 0) is 12.8 Å². The Morgan fingerprint density at radius 1 is 1.23 bits per heavy atom. The molecule has 31 heavy (non-hydrogen) atoms. The molecule has 0 atom stereocenters. The molecule has 1 heterocycles. The summed E-state index contributed by atoms with van der Waals surface area (Å²) in [6.45, 7) is 1.90. The Morgan fingerprint density at radius 2 is 2.00 bits per heavy atom. The van der Waals surface area contributed by atoms with Gasteiger partial charge in [0, 0.05) is 5.56 Å². The van der Waals surface area contributed by atoms with E-state index in [0.29, 0.717) is 28.3 Å². The molecule has 3 aromatic rings. The molecule has 0 aliphatic heterocycles. The molecule has 1 aromatic heterocycles. The largest absolute Gasteiger partial charge is 0.490 e. The lowest BCUT2D eigenvalue weighted by Gasteiger charge is -2.13. The summed E-state index contributed by atoms with van der Waals surface area (Å²) in [6.07, 6.45) is -3.56. The van der Waals surface area contributed by atoms with Gasteiger partial charge in [0.05, 0.1) is 17.8 Å². The van der Waals surface area contributed by atoms with Crippen molar-refractivity contribution in [2.24, 2.45) is 5.10 Å². The fourth-order valence-electron chi connectivity index (χ4n) is 2.52. The second-order valence-corrected chi connectivity index (χ2v) is 6.83. The van der Waals surface area contributed by atoms with Crippen LogP contribution in [0.1, 0.15) is 23.9 Å². The first-order chi connectivity index (χ1) is 14.7. The lowest BCUT2D eigenvalue weighted by Crippen LogP contribution is -2.12. The molecule has 3 rings (SSSR count). The molecule has 0 radical (unpaired) electrons. The van der Waals surface area contributed by atoms with E-state index in [4.69, 9.17) is 33.3 Å². The first-order valence-corrected chi connectivity index (χ1v) is 9.60. The Morgan fingerprint density at radius 3 is 2.68 bits per heavy atom. The summed E-state index contributed by atoms with van der Waals surface area (Å²) in [4.78, 5) is 0. The molecule has 1 N–H and O–H groups in total. The molecule has 0 saturated carbocycles. The highest BCUT2D eigenvalue weighted by atomic mass is 35.5. The molecule has 164 valence electrons. The van der Waals surface area contributed by atoms with E-state index in [-0.39, 0.29) is 22.0 Å². The highest BCUT2D eigenvalue weighted by Gasteiger charge is 2.37. The van der Waals surface area contributed by atoms with Gasteiger partial charge in [-0.05, 0) is 55.0 Å². The minimum atomic E-state index is -4.73. The summed E-state index contributed by atoms with van der Waals surface area (Å²) in [5.41, 5.74) is 0.599. The maximum atomic E-state index is 13.9. The molecular weight excluding hydrogens is 460 g/mol. The number of hydrogen-bond donors (Lipinski definition) is 1. The van der Waals surface area contributed by atoms with Crippen LogP contribution in [0.15, 0.2) is 41.5 Å². The summed E-state index contributed by atoms with van der Waals surface area (Å²) >= 11 is 10.8. The highest BCUT2D eigenvalue weighted by Crippen LogP contribution is 2.31. The number of aromatic nitrogens is 3. The van der Waals surface area contributed by atoms with Crippen molar-refractivity contribution in [3.8, 4) is 11.5 Å². The van der Waals surface area contributed by atoms with Crippen molar-refractivity contribution in [2.45, 2.75) is 19.7 Å². The molecule has 12 heteroatoms. The van der Waals surface area contributed by atoms with Crippen LogP contribution in [0.25, 0.3) is 0 Å². The smallest absolute Gasteiger partial charge is 0.453 e. The van der Waals surface area contributed by atoms with Gasteiger partial charge in [-0.25, -0.2) is 9.49 Å². The number of halogens is 5. The van der Waals surface area contributed by atoms with Crippen LogP contribution in [0.4, 0.5) is 17.6 Å². The van der Waals surface area contributed by atoms with E-state index in [0.717, 1.165) is 0 Å². The van der Waals surface area contributed by atoms with Gasteiger partial charge in [-0.15, -0.1) is 5.10 Å². The van der Waals surface area contributed by atoms with Crippen molar-refractivity contribution < 1.29 is 27.0 Å². The first kappa shape index (κ1) is 22.8. The average molecular weight is 475 g/mol. The lowest BCUT2D eigenvalue weighted by molar-refractivity contribution is -0.147. The Hall–Kier alpha value is -2.92. The Bertz CT molecular complexity index is 1140. The third-order valence-corrected chi connectivity index (χ3v) is 4.55. The summed E-state index contributed by atoms with van der Waals surface area (Å²) in [7, 11) is 0. The number of benzene rings is 2. The SMILES string of the molecule is CCOc1cc(/C=N/n2c(C(F)(F)F)n[nH]c2=S)ccc1OCc1c(F)cccc1Cl. The standard InChI is InChI=1S/C19H15ClF4N4O2S/c1-2-29-16-8-11(9-25-28-17(19(22,23)24)26-27-18(28)31)6-7-15(16)30-10-12-13(20)4-3-5-14(12)21/h3-9H,2,10H2,1H3,(H,27,31)/b25-9+. The first-order valence-electron chi connectivity index (χ1n) is 8.82. The van der Waals surface area contributed by atoms with Crippen molar-refractivity contribution in [3.63, 3.8) is 0 Å². The fourth-order valence-corrected chi connectivity index (χ4v) is 2.92. The zero-order chi connectivity index (χ0) is 22.6. The Balaban J connectivity index is 1.85. The van der Waals surface area contributed by atoms with Gasteiger partial charge in [-0.3, -0.25) is 0 Å². The van der Waals surface area contributed by atoms with Crippen LogP contribution in [0, 0.1) is 10.6 Å². The minimum Gasteiger partial charge on any atom is -0.490 e. The van der Waals surface area contributed by atoms with Gasteiger partial charge in [0.25, 0.3) is 5.82 Å². The minimum absolute atomic E-state index is 0.141. The second kappa shape index (κ2) is 9.48. The summed E-state index contributed by atoms with van der Waals surface area (Å²) < 4.78 is 64.2. The van der Waals surface area contributed by atoms with E-state index in [1.165, 1.54) is 30.5 Å². The van der Waals surface area contributed by atoms with Crippen molar-refractivity contribution in [2.75, 3.05) is 6.61 Å². The van der Waals surface area contributed by atoms with Gasteiger partial charge in [0.15, 0.2) is 11.5 Å². The van der Waals surface area contributed by atoms with E-state index >= 15 is 0 Å². The zero-order valence-electron chi connectivity index (χ0n) is 15.9. The summed E-state index contributed by atoms with van der Waals surface area (Å²) in [5.74, 6) is -1.19. The van der Waals surface area contributed by atoms with Gasteiger partial charge in [0.1, 0.15) is 12.4 Å². The normalized spacial score (nSPS) is 11.8. The quantitative estimate of drug-likeness (QED) is 0.274. The van der Waals surface area contributed by atoms with Crippen molar-refractivity contribution >= 4 is 30.0 Å². The van der Waals surface area contributed by atoms with Crippen molar-refractivity contribution in [1.82, 2.24) is 14.9 Å². The number of ether oxygens (including phenoxy) is 2. The van der Waals surface area contributed by atoms with Crippen LogP contribution in [0.5, 0.6) is 11.5 Å².